The zero-order valence-electron chi connectivity index (χ0n) is 19.4. The van der Waals surface area contributed by atoms with Crippen molar-refractivity contribution in [2.45, 2.75) is 32.6 Å². The number of hydrogen-bond acceptors (Lipinski definition) is 3. The normalized spacial score (nSPS) is 16.0. The predicted molar refractivity (Wildman–Crippen MR) is 132 cm³/mol. The number of amides is 2. The van der Waals surface area contributed by atoms with Crippen LogP contribution in [0.4, 0.5) is 14.5 Å². The van der Waals surface area contributed by atoms with Crippen LogP contribution in [0.3, 0.4) is 0 Å². The lowest BCUT2D eigenvalue weighted by molar-refractivity contribution is -0.116. The Morgan fingerprint density at radius 3 is 2.66 bits per heavy atom. The number of fused-ring (bicyclic) bond motifs is 1. The number of para-hydroxylation sites is 1. The molecular weight excluding hydrogens is 474 g/mol. The molecule has 1 aromatic heterocycles. The number of anilines is 1. The maximum Gasteiger partial charge on any atom is 0.275 e. The molecule has 0 atom stereocenters. The Morgan fingerprint density at radius 1 is 1.20 bits per heavy atom. The van der Waals surface area contributed by atoms with Crippen LogP contribution in [-0.2, 0) is 4.79 Å². The molecule has 1 aliphatic rings. The van der Waals surface area contributed by atoms with E-state index >= 15 is 8.78 Å². The molecule has 1 N–H and O–H groups in total. The number of carbonyl (C=O) groups is 2. The maximum absolute atomic E-state index is 15.2. The van der Waals surface area contributed by atoms with Crippen molar-refractivity contribution in [3.63, 3.8) is 0 Å². The Kier molecular flexibility index (Phi) is 7.03. The molecule has 0 aliphatic carbocycles. The topological polar surface area (TPSA) is 67.2 Å². The molecule has 0 fully saturated rings. The van der Waals surface area contributed by atoms with Crippen molar-refractivity contribution in [2.24, 2.45) is 0 Å². The number of hydrogen-bond donors (Lipinski definition) is 1. The minimum atomic E-state index is -3.31. The second-order valence-corrected chi connectivity index (χ2v) is 8.75. The van der Waals surface area contributed by atoms with E-state index in [1.165, 1.54) is 11.0 Å². The Labute approximate surface area is 207 Å². The number of halogens is 3. The molecule has 182 valence electrons. The average Bonchev–Trinajstić information content (AvgIpc) is 3.23. The van der Waals surface area contributed by atoms with Crippen LogP contribution in [-0.4, -0.2) is 40.6 Å². The molecule has 0 bridgehead atoms. The van der Waals surface area contributed by atoms with Gasteiger partial charge in [0.15, 0.2) is 0 Å². The van der Waals surface area contributed by atoms with Crippen LogP contribution in [0.1, 0.15) is 41.4 Å². The summed E-state index contributed by atoms with van der Waals surface area (Å²) < 4.78 is 32.1. The van der Waals surface area contributed by atoms with Gasteiger partial charge in [0.1, 0.15) is 0 Å². The first-order valence-corrected chi connectivity index (χ1v) is 11.7. The smallest absolute Gasteiger partial charge is 0.275 e. The molecule has 3 aromatic rings. The predicted octanol–water partition coefficient (Wildman–Crippen LogP) is 5.43. The highest BCUT2D eigenvalue weighted by Crippen LogP contribution is 2.43. The minimum absolute atomic E-state index is 0.134. The molecular formula is C26H25ClF2N4O2. The van der Waals surface area contributed by atoms with Crippen molar-refractivity contribution >= 4 is 34.7 Å². The molecule has 0 spiro atoms. The van der Waals surface area contributed by atoms with Gasteiger partial charge in [-0.2, -0.15) is 5.10 Å². The van der Waals surface area contributed by atoms with Crippen LogP contribution < -0.4 is 10.2 Å². The quantitative estimate of drug-likeness (QED) is 0.477. The lowest BCUT2D eigenvalue weighted by Crippen LogP contribution is -2.33. The van der Waals surface area contributed by atoms with E-state index in [0.29, 0.717) is 24.3 Å². The Morgan fingerprint density at radius 2 is 1.97 bits per heavy atom. The van der Waals surface area contributed by atoms with E-state index < -0.39 is 29.7 Å². The molecule has 0 saturated carbocycles. The first kappa shape index (κ1) is 24.6. The van der Waals surface area contributed by atoms with Crippen molar-refractivity contribution < 1.29 is 18.4 Å². The van der Waals surface area contributed by atoms with E-state index in [0.717, 1.165) is 11.8 Å². The third kappa shape index (κ3) is 5.12. The number of nitrogens with zero attached hydrogens (tertiary/aromatic N) is 3. The summed E-state index contributed by atoms with van der Waals surface area (Å²) in [5.41, 5.74) is 1.71. The van der Waals surface area contributed by atoms with Crippen molar-refractivity contribution in [1.82, 2.24) is 15.1 Å². The molecule has 6 nitrogen and oxygen atoms in total. The fraction of sp³-hybridized carbons (Fsp3) is 0.269. The van der Waals surface area contributed by atoms with Crippen molar-refractivity contribution in [1.29, 1.82) is 0 Å². The number of aryl methyl sites for hydroxylation is 1. The van der Waals surface area contributed by atoms with Gasteiger partial charge in [-0.05, 0) is 43.7 Å². The minimum Gasteiger partial charge on any atom is -0.353 e. The van der Waals surface area contributed by atoms with Gasteiger partial charge in [0.25, 0.3) is 11.8 Å². The van der Waals surface area contributed by atoms with Crippen LogP contribution in [0.2, 0.25) is 5.02 Å². The number of benzene rings is 2. The first-order valence-electron chi connectivity index (χ1n) is 11.3. The number of carbonyl (C=O) groups excluding carboxylic acids is 2. The number of nitrogens with one attached hydrogen (secondary N) is 1. The summed E-state index contributed by atoms with van der Waals surface area (Å²) in [7, 11) is 0. The summed E-state index contributed by atoms with van der Waals surface area (Å²) in [5, 5.41) is 7.12. The van der Waals surface area contributed by atoms with Gasteiger partial charge in [0.05, 0.1) is 27.7 Å². The molecule has 35 heavy (non-hydrogen) atoms. The van der Waals surface area contributed by atoms with E-state index in [2.05, 4.69) is 10.4 Å². The summed E-state index contributed by atoms with van der Waals surface area (Å²) in [6.45, 7) is 3.87. The van der Waals surface area contributed by atoms with Crippen molar-refractivity contribution in [2.75, 3.05) is 18.0 Å². The van der Waals surface area contributed by atoms with Crippen molar-refractivity contribution in [3.8, 4) is 5.69 Å². The highest BCUT2D eigenvalue weighted by atomic mass is 35.5. The van der Waals surface area contributed by atoms with E-state index in [9.17, 15) is 9.59 Å². The van der Waals surface area contributed by atoms with Gasteiger partial charge >= 0.3 is 0 Å². The summed E-state index contributed by atoms with van der Waals surface area (Å²) in [5.74, 6) is -4.40. The van der Waals surface area contributed by atoms with Gasteiger partial charge in [0, 0.05) is 42.9 Å². The second-order valence-electron chi connectivity index (χ2n) is 8.34. The summed E-state index contributed by atoms with van der Waals surface area (Å²) in [6, 6.07) is 13.1. The third-order valence-corrected chi connectivity index (χ3v) is 6.08. The van der Waals surface area contributed by atoms with Gasteiger partial charge in [0.2, 0.25) is 5.91 Å². The van der Waals surface area contributed by atoms with E-state index in [1.807, 2.05) is 19.9 Å². The second kappa shape index (κ2) is 10.00. The fourth-order valence-electron chi connectivity index (χ4n) is 3.99. The Balaban J connectivity index is 1.72. The van der Waals surface area contributed by atoms with Crippen LogP contribution in [0.15, 0.2) is 60.8 Å². The zero-order chi connectivity index (χ0) is 25.2. The van der Waals surface area contributed by atoms with E-state index in [4.69, 9.17) is 11.6 Å². The molecule has 0 radical (unpaired) electrons. The van der Waals surface area contributed by atoms with Crippen LogP contribution in [0.25, 0.3) is 11.3 Å². The van der Waals surface area contributed by atoms with E-state index in [-0.39, 0.29) is 22.7 Å². The molecule has 2 heterocycles. The van der Waals surface area contributed by atoms with Gasteiger partial charge in [-0.1, -0.05) is 36.7 Å². The maximum atomic E-state index is 15.2. The highest BCUT2D eigenvalue weighted by Gasteiger charge is 2.41. The molecule has 1 aliphatic heterocycles. The van der Waals surface area contributed by atoms with E-state index in [1.54, 1.807) is 47.3 Å². The molecule has 9 heteroatoms. The molecule has 4 rings (SSSR count). The third-order valence-electron chi connectivity index (χ3n) is 5.77. The average molecular weight is 499 g/mol. The van der Waals surface area contributed by atoms with Crippen LogP contribution >= 0.6 is 11.6 Å². The van der Waals surface area contributed by atoms with Gasteiger partial charge in [-0.3, -0.25) is 9.59 Å². The monoisotopic (exact) mass is 498 g/mol. The largest absolute Gasteiger partial charge is 0.353 e. The SMILES string of the molecule is CCCNC(=O)/C=C1/c2ccccc2N(C(=O)c2ccc(-n3ccc(C)n3)cc2Cl)CCC1(F)F. The Bertz CT molecular complexity index is 1300. The van der Waals surface area contributed by atoms with Crippen LogP contribution in [0, 0.1) is 6.92 Å². The fourth-order valence-corrected chi connectivity index (χ4v) is 4.25. The lowest BCUT2D eigenvalue weighted by atomic mass is 9.97. The number of aromatic nitrogens is 2. The standard InChI is InChI=1S/C26H25ClF2N4O2/c1-3-12-30-24(34)16-21-19-6-4-5-7-23(19)32(14-11-26(21,28)29)25(35)20-9-8-18(15-22(20)27)33-13-10-17(2)31-33/h4-10,13,15-16H,3,11-12,14H2,1-2H3,(H,30,34)/b21-16-. The van der Waals surface area contributed by atoms with Gasteiger partial charge < -0.3 is 10.2 Å². The van der Waals surface area contributed by atoms with Gasteiger partial charge in [-0.25, -0.2) is 13.5 Å². The molecule has 0 saturated heterocycles. The Hall–Kier alpha value is -3.52. The number of allylic oxidation sites excluding steroid dienone is 1. The molecule has 2 amide bonds. The van der Waals surface area contributed by atoms with Crippen molar-refractivity contribution in [3.05, 3.63) is 82.6 Å². The first-order chi connectivity index (χ1) is 16.7. The zero-order valence-corrected chi connectivity index (χ0v) is 20.1. The van der Waals surface area contributed by atoms with Crippen LogP contribution in [0.5, 0.6) is 0 Å². The number of rotatable bonds is 5. The number of alkyl halides is 2. The summed E-state index contributed by atoms with van der Waals surface area (Å²) >= 11 is 6.47. The molecule has 2 aromatic carbocycles. The summed E-state index contributed by atoms with van der Waals surface area (Å²) in [4.78, 5) is 27.1. The highest BCUT2D eigenvalue weighted by molar-refractivity contribution is 6.34. The lowest BCUT2D eigenvalue weighted by Gasteiger charge is -2.23. The van der Waals surface area contributed by atoms with Gasteiger partial charge in [-0.15, -0.1) is 0 Å². The molecule has 0 unspecified atom stereocenters. The summed E-state index contributed by atoms with van der Waals surface area (Å²) in [6.07, 6.45) is 2.77.